The minimum absolute atomic E-state index is 0.205. The molecule has 0 unspecified atom stereocenters. The number of nitrogens with zero attached hydrogens (tertiary/aromatic N) is 4. The molecular formula is C23H27ClN4O3S2. The Kier molecular flexibility index (Phi) is 7.35. The molecule has 3 aromatic rings. The molecule has 0 aliphatic carbocycles. The van der Waals surface area contributed by atoms with Crippen LogP contribution in [-0.4, -0.2) is 68.8 Å². The normalized spacial score (nSPS) is 14.9. The number of hydrogen-bond donors (Lipinski definition) is 0. The molecule has 0 saturated carbocycles. The Morgan fingerprint density at radius 1 is 1.09 bits per heavy atom. The van der Waals surface area contributed by atoms with E-state index in [4.69, 9.17) is 11.6 Å². The van der Waals surface area contributed by atoms with Crippen molar-refractivity contribution in [2.24, 2.45) is 0 Å². The number of amides is 1. The number of carbonyl (C=O) groups is 1. The van der Waals surface area contributed by atoms with Gasteiger partial charge in [0.25, 0.3) is 5.91 Å². The van der Waals surface area contributed by atoms with Crippen molar-refractivity contribution >= 4 is 54.2 Å². The summed E-state index contributed by atoms with van der Waals surface area (Å²) < 4.78 is 28.0. The summed E-state index contributed by atoms with van der Waals surface area (Å²) >= 11 is 7.54. The van der Waals surface area contributed by atoms with E-state index in [2.05, 4.69) is 9.88 Å². The summed E-state index contributed by atoms with van der Waals surface area (Å²) in [5.41, 5.74) is 1.22. The Morgan fingerprint density at radius 3 is 2.45 bits per heavy atom. The van der Waals surface area contributed by atoms with Gasteiger partial charge in [-0.05, 0) is 82.4 Å². The predicted molar refractivity (Wildman–Crippen MR) is 134 cm³/mol. The van der Waals surface area contributed by atoms with Gasteiger partial charge in [0, 0.05) is 30.2 Å². The molecule has 1 fully saturated rings. The number of anilines is 1. The van der Waals surface area contributed by atoms with E-state index >= 15 is 0 Å². The Morgan fingerprint density at radius 2 is 1.79 bits per heavy atom. The summed E-state index contributed by atoms with van der Waals surface area (Å²) in [7, 11) is 0.464. The van der Waals surface area contributed by atoms with Crippen molar-refractivity contribution in [3.8, 4) is 0 Å². The molecule has 10 heteroatoms. The third-order valence-corrected chi connectivity index (χ3v) is 8.80. The number of halogens is 1. The molecule has 1 saturated heterocycles. The number of benzene rings is 2. The van der Waals surface area contributed by atoms with Gasteiger partial charge in [0.2, 0.25) is 10.0 Å². The molecule has 0 N–H and O–H groups in total. The summed E-state index contributed by atoms with van der Waals surface area (Å²) in [5.74, 6) is -0.205. The van der Waals surface area contributed by atoms with E-state index in [0.29, 0.717) is 35.4 Å². The first-order chi connectivity index (χ1) is 15.8. The van der Waals surface area contributed by atoms with Crippen LogP contribution >= 0.6 is 22.9 Å². The molecule has 176 valence electrons. The maximum absolute atomic E-state index is 13.5. The van der Waals surface area contributed by atoms with E-state index in [9.17, 15) is 13.2 Å². The van der Waals surface area contributed by atoms with Crippen LogP contribution in [0, 0.1) is 0 Å². The molecule has 4 rings (SSSR count). The van der Waals surface area contributed by atoms with E-state index < -0.39 is 10.0 Å². The summed E-state index contributed by atoms with van der Waals surface area (Å²) in [6.45, 7) is 2.42. The molecule has 1 aromatic heterocycles. The van der Waals surface area contributed by atoms with Crippen LogP contribution in [0.4, 0.5) is 5.13 Å². The molecule has 2 heterocycles. The van der Waals surface area contributed by atoms with E-state index in [1.54, 1.807) is 23.1 Å². The number of hydrogen-bond acceptors (Lipinski definition) is 6. The van der Waals surface area contributed by atoms with Gasteiger partial charge in [-0.3, -0.25) is 9.69 Å². The average Bonchev–Trinajstić information content (AvgIpc) is 3.46. The molecule has 7 nitrogen and oxygen atoms in total. The van der Waals surface area contributed by atoms with Crippen LogP contribution in [0.3, 0.4) is 0 Å². The molecule has 0 spiro atoms. The third-order valence-electron chi connectivity index (χ3n) is 5.61. The largest absolute Gasteiger partial charge is 0.309 e. The first-order valence-corrected chi connectivity index (χ1v) is 13.5. The number of sulfonamides is 1. The van der Waals surface area contributed by atoms with E-state index in [0.717, 1.165) is 36.0 Å². The standard InChI is InChI=1S/C23H27ClN4O3S2/c1-26(2)12-5-15-28(23-25-20-11-8-18(24)16-21(20)32-23)22(29)17-6-9-19(10-7-17)33(30,31)27-13-3-4-14-27/h6-11,16H,3-5,12-15H2,1-2H3. The van der Waals surface area contributed by atoms with Crippen molar-refractivity contribution in [2.45, 2.75) is 24.2 Å². The average molecular weight is 507 g/mol. The molecule has 33 heavy (non-hydrogen) atoms. The molecule has 0 radical (unpaired) electrons. The fraction of sp³-hybridized carbons (Fsp3) is 0.391. The van der Waals surface area contributed by atoms with Gasteiger partial charge in [0.1, 0.15) is 0 Å². The Bertz CT molecular complexity index is 1240. The fourth-order valence-electron chi connectivity index (χ4n) is 3.83. The summed E-state index contributed by atoms with van der Waals surface area (Å²) in [6.07, 6.45) is 2.53. The van der Waals surface area contributed by atoms with Crippen molar-refractivity contribution in [3.05, 3.63) is 53.1 Å². The monoisotopic (exact) mass is 506 g/mol. The number of aromatic nitrogens is 1. The number of fused-ring (bicyclic) bond motifs is 1. The lowest BCUT2D eigenvalue weighted by molar-refractivity contribution is 0.0986. The van der Waals surface area contributed by atoms with Gasteiger partial charge in [-0.25, -0.2) is 13.4 Å². The van der Waals surface area contributed by atoms with Crippen LogP contribution < -0.4 is 4.90 Å². The number of rotatable bonds is 8. The molecule has 0 atom stereocenters. The van der Waals surface area contributed by atoms with Crippen molar-refractivity contribution < 1.29 is 13.2 Å². The van der Waals surface area contributed by atoms with Gasteiger partial charge in [0.05, 0.1) is 15.1 Å². The molecule has 1 aliphatic rings. The van der Waals surface area contributed by atoms with Gasteiger partial charge >= 0.3 is 0 Å². The lowest BCUT2D eigenvalue weighted by Gasteiger charge is -2.21. The SMILES string of the molecule is CN(C)CCCN(C(=O)c1ccc(S(=O)(=O)N2CCCC2)cc1)c1nc2ccc(Cl)cc2s1. The van der Waals surface area contributed by atoms with Gasteiger partial charge < -0.3 is 4.90 Å². The second-order valence-corrected chi connectivity index (χ2v) is 11.7. The molecular weight excluding hydrogens is 480 g/mol. The lowest BCUT2D eigenvalue weighted by atomic mass is 10.2. The maximum atomic E-state index is 13.5. The highest BCUT2D eigenvalue weighted by Gasteiger charge is 2.28. The highest BCUT2D eigenvalue weighted by atomic mass is 35.5. The molecule has 2 aromatic carbocycles. The molecule has 1 aliphatic heterocycles. The van der Waals surface area contributed by atoms with Crippen LogP contribution in [0.1, 0.15) is 29.6 Å². The Hall–Kier alpha value is -2.04. The minimum atomic E-state index is -3.52. The Labute approximate surface area is 203 Å². The summed E-state index contributed by atoms with van der Waals surface area (Å²) in [4.78, 5) is 22.1. The quantitative estimate of drug-likeness (QED) is 0.454. The van der Waals surface area contributed by atoms with Crippen LogP contribution in [0.25, 0.3) is 10.2 Å². The van der Waals surface area contributed by atoms with E-state index in [-0.39, 0.29) is 10.8 Å². The Balaban J connectivity index is 1.61. The second kappa shape index (κ2) is 10.1. The zero-order valence-electron chi connectivity index (χ0n) is 18.7. The topological polar surface area (TPSA) is 73.8 Å². The molecule has 0 bridgehead atoms. The third kappa shape index (κ3) is 5.38. The predicted octanol–water partition coefficient (Wildman–Crippen LogP) is 4.33. The van der Waals surface area contributed by atoms with Gasteiger partial charge in [0.15, 0.2) is 5.13 Å². The molecule has 1 amide bonds. The van der Waals surface area contributed by atoms with Crippen LogP contribution in [0.5, 0.6) is 0 Å². The van der Waals surface area contributed by atoms with E-state index in [1.807, 2.05) is 26.2 Å². The van der Waals surface area contributed by atoms with Crippen molar-refractivity contribution in [2.75, 3.05) is 45.2 Å². The zero-order valence-corrected chi connectivity index (χ0v) is 21.1. The number of thiazole rings is 1. The van der Waals surface area contributed by atoms with Gasteiger partial charge in [-0.1, -0.05) is 22.9 Å². The first kappa shape index (κ1) is 24.1. The van der Waals surface area contributed by atoms with Gasteiger partial charge in [-0.15, -0.1) is 0 Å². The fourth-order valence-corrected chi connectivity index (χ4v) is 6.62. The highest BCUT2D eigenvalue weighted by Crippen LogP contribution is 2.32. The maximum Gasteiger partial charge on any atom is 0.260 e. The first-order valence-electron chi connectivity index (χ1n) is 10.9. The summed E-state index contributed by atoms with van der Waals surface area (Å²) in [6, 6.07) is 11.7. The van der Waals surface area contributed by atoms with Crippen LogP contribution in [0.2, 0.25) is 5.02 Å². The second-order valence-electron chi connectivity index (χ2n) is 8.36. The smallest absolute Gasteiger partial charge is 0.260 e. The summed E-state index contributed by atoms with van der Waals surface area (Å²) in [5, 5.41) is 1.22. The van der Waals surface area contributed by atoms with Crippen molar-refractivity contribution in [3.63, 3.8) is 0 Å². The van der Waals surface area contributed by atoms with E-state index in [1.165, 1.54) is 27.8 Å². The highest BCUT2D eigenvalue weighted by molar-refractivity contribution is 7.89. The van der Waals surface area contributed by atoms with Crippen LogP contribution in [-0.2, 0) is 10.0 Å². The minimum Gasteiger partial charge on any atom is -0.309 e. The van der Waals surface area contributed by atoms with Gasteiger partial charge in [-0.2, -0.15) is 4.31 Å². The number of carbonyl (C=O) groups excluding carboxylic acids is 1. The van der Waals surface area contributed by atoms with Crippen molar-refractivity contribution in [1.29, 1.82) is 0 Å². The van der Waals surface area contributed by atoms with Crippen LogP contribution in [0.15, 0.2) is 47.4 Å². The zero-order chi connectivity index (χ0) is 23.6. The van der Waals surface area contributed by atoms with Crippen molar-refractivity contribution in [1.82, 2.24) is 14.2 Å². The lowest BCUT2D eigenvalue weighted by Crippen LogP contribution is -2.33.